The van der Waals surface area contributed by atoms with Crippen molar-refractivity contribution in [3.8, 4) is 0 Å². The molecule has 6 nitrogen and oxygen atoms in total. The van der Waals surface area contributed by atoms with Crippen LogP contribution in [0.4, 0.5) is 5.69 Å². The average molecular weight is 279 g/mol. The first-order chi connectivity index (χ1) is 9.29. The molecule has 0 saturated carbocycles. The van der Waals surface area contributed by atoms with Crippen LogP contribution in [-0.4, -0.2) is 24.4 Å². The summed E-state index contributed by atoms with van der Waals surface area (Å²) in [5.41, 5.74) is 0.127. The zero-order valence-electron chi connectivity index (χ0n) is 12.3. The largest absolute Gasteiger partial charge is 0.359 e. The van der Waals surface area contributed by atoms with E-state index in [1.807, 2.05) is 20.8 Å². The SMILES string of the molecule is CNC(=O)C(C)(C)CNC(C)c1ccccc1[N+](=O)[O-]. The highest BCUT2D eigenvalue weighted by Crippen LogP contribution is 2.25. The first-order valence-electron chi connectivity index (χ1n) is 6.48. The highest BCUT2D eigenvalue weighted by atomic mass is 16.6. The van der Waals surface area contributed by atoms with E-state index in [4.69, 9.17) is 0 Å². The number of carbonyl (C=O) groups excluding carboxylic acids is 1. The molecule has 0 heterocycles. The molecule has 20 heavy (non-hydrogen) atoms. The molecule has 0 radical (unpaired) electrons. The Labute approximate surface area is 118 Å². The predicted molar refractivity (Wildman–Crippen MR) is 77.4 cm³/mol. The van der Waals surface area contributed by atoms with Crippen molar-refractivity contribution < 1.29 is 9.72 Å². The van der Waals surface area contributed by atoms with E-state index < -0.39 is 10.3 Å². The summed E-state index contributed by atoms with van der Waals surface area (Å²) in [7, 11) is 1.59. The Morgan fingerprint density at radius 1 is 1.40 bits per heavy atom. The van der Waals surface area contributed by atoms with Crippen molar-refractivity contribution in [3.63, 3.8) is 0 Å². The number of para-hydroxylation sites is 1. The second-order valence-electron chi connectivity index (χ2n) is 5.38. The van der Waals surface area contributed by atoms with Crippen LogP contribution in [0, 0.1) is 15.5 Å². The number of amides is 1. The molecule has 0 saturated heterocycles. The Bertz CT molecular complexity index is 500. The Morgan fingerprint density at radius 2 is 2.00 bits per heavy atom. The van der Waals surface area contributed by atoms with Gasteiger partial charge in [-0.05, 0) is 20.8 Å². The molecule has 0 bridgehead atoms. The second-order valence-corrected chi connectivity index (χ2v) is 5.38. The molecule has 0 aromatic heterocycles. The van der Waals surface area contributed by atoms with Gasteiger partial charge in [0.25, 0.3) is 5.69 Å². The van der Waals surface area contributed by atoms with E-state index in [1.54, 1.807) is 25.2 Å². The molecule has 0 spiro atoms. The zero-order valence-corrected chi connectivity index (χ0v) is 12.3. The minimum absolute atomic E-state index is 0.0697. The summed E-state index contributed by atoms with van der Waals surface area (Å²) in [5, 5.41) is 16.8. The minimum atomic E-state index is -0.577. The summed E-state index contributed by atoms with van der Waals surface area (Å²) in [6, 6.07) is 6.41. The number of hydrogen-bond donors (Lipinski definition) is 2. The Morgan fingerprint density at radius 3 is 2.55 bits per heavy atom. The maximum atomic E-state index is 11.7. The number of nitro benzene ring substituents is 1. The molecule has 0 aliphatic rings. The number of nitro groups is 1. The molecule has 1 amide bonds. The third kappa shape index (κ3) is 3.77. The molecule has 1 aromatic carbocycles. The van der Waals surface area contributed by atoms with Crippen molar-refractivity contribution in [2.45, 2.75) is 26.8 Å². The predicted octanol–water partition coefficient (Wildman–Crippen LogP) is 2.02. The molecule has 0 aliphatic carbocycles. The lowest BCUT2D eigenvalue weighted by molar-refractivity contribution is -0.385. The lowest BCUT2D eigenvalue weighted by atomic mass is 9.91. The first kappa shape index (κ1) is 16.1. The van der Waals surface area contributed by atoms with Crippen molar-refractivity contribution >= 4 is 11.6 Å². The van der Waals surface area contributed by atoms with E-state index in [0.717, 1.165) is 0 Å². The molecular formula is C14H21N3O3. The van der Waals surface area contributed by atoms with E-state index >= 15 is 0 Å². The number of rotatable bonds is 6. The van der Waals surface area contributed by atoms with Gasteiger partial charge in [-0.3, -0.25) is 14.9 Å². The smallest absolute Gasteiger partial charge is 0.274 e. The van der Waals surface area contributed by atoms with Crippen molar-refractivity contribution in [1.29, 1.82) is 0 Å². The Balaban J connectivity index is 2.80. The number of carbonyl (C=O) groups is 1. The fourth-order valence-electron chi connectivity index (χ4n) is 1.96. The van der Waals surface area contributed by atoms with E-state index in [9.17, 15) is 14.9 Å². The summed E-state index contributed by atoms with van der Waals surface area (Å²) in [6.07, 6.45) is 0. The third-order valence-corrected chi connectivity index (χ3v) is 3.29. The van der Waals surface area contributed by atoms with Gasteiger partial charge in [-0.15, -0.1) is 0 Å². The normalized spacial score (nSPS) is 12.8. The Hall–Kier alpha value is -1.95. The maximum Gasteiger partial charge on any atom is 0.274 e. The molecule has 1 aromatic rings. The zero-order chi connectivity index (χ0) is 15.3. The summed E-state index contributed by atoms with van der Waals surface area (Å²) in [5.74, 6) is -0.0697. The fourth-order valence-corrected chi connectivity index (χ4v) is 1.96. The molecule has 6 heteroatoms. The summed E-state index contributed by atoms with van der Waals surface area (Å²) < 4.78 is 0. The van der Waals surface area contributed by atoms with Gasteiger partial charge in [0.1, 0.15) is 0 Å². The van der Waals surface area contributed by atoms with Gasteiger partial charge in [0.2, 0.25) is 5.91 Å². The standard InChI is InChI=1S/C14H21N3O3/c1-10(16-9-14(2,3)13(18)15-4)11-7-5-6-8-12(11)17(19)20/h5-8,10,16H,9H2,1-4H3,(H,15,18). The molecule has 110 valence electrons. The highest BCUT2D eigenvalue weighted by Gasteiger charge is 2.28. The lowest BCUT2D eigenvalue weighted by Gasteiger charge is -2.25. The molecule has 2 N–H and O–H groups in total. The number of benzene rings is 1. The van der Waals surface area contributed by atoms with Gasteiger partial charge in [-0.1, -0.05) is 18.2 Å². The summed E-state index contributed by atoms with van der Waals surface area (Å²) in [4.78, 5) is 22.3. The van der Waals surface area contributed by atoms with E-state index in [1.165, 1.54) is 6.07 Å². The van der Waals surface area contributed by atoms with Crippen LogP contribution in [0.2, 0.25) is 0 Å². The second kappa shape index (κ2) is 6.47. The molecule has 1 rings (SSSR count). The van der Waals surface area contributed by atoms with Crippen molar-refractivity contribution in [1.82, 2.24) is 10.6 Å². The number of hydrogen-bond acceptors (Lipinski definition) is 4. The topological polar surface area (TPSA) is 84.3 Å². The third-order valence-electron chi connectivity index (χ3n) is 3.29. The molecule has 1 unspecified atom stereocenters. The molecule has 1 atom stereocenters. The van der Waals surface area contributed by atoms with Crippen LogP contribution < -0.4 is 10.6 Å². The van der Waals surface area contributed by atoms with E-state index in [-0.39, 0.29) is 17.6 Å². The quantitative estimate of drug-likeness (QED) is 0.616. The van der Waals surface area contributed by atoms with Gasteiger partial charge in [-0.25, -0.2) is 0 Å². The van der Waals surface area contributed by atoms with Crippen molar-refractivity contribution in [2.75, 3.05) is 13.6 Å². The first-order valence-corrected chi connectivity index (χ1v) is 6.48. The van der Waals surface area contributed by atoms with Gasteiger partial charge in [0, 0.05) is 31.3 Å². The van der Waals surface area contributed by atoms with Gasteiger partial charge >= 0.3 is 0 Å². The monoisotopic (exact) mass is 279 g/mol. The van der Waals surface area contributed by atoms with Crippen LogP contribution in [0.1, 0.15) is 32.4 Å². The van der Waals surface area contributed by atoms with Crippen LogP contribution in [0.3, 0.4) is 0 Å². The van der Waals surface area contributed by atoms with Gasteiger partial charge in [0.15, 0.2) is 0 Å². The van der Waals surface area contributed by atoms with Crippen LogP contribution in [0.5, 0.6) is 0 Å². The average Bonchev–Trinajstić information content (AvgIpc) is 2.43. The molecule has 0 aliphatic heterocycles. The van der Waals surface area contributed by atoms with Crippen LogP contribution >= 0.6 is 0 Å². The van der Waals surface area contributed by atoms with Crippen molar-refractivity contribution in [2.24, 2.45) is 5.41 Å². The van der Waals surface area contributed by atoms with Gasteiger partial charge in [-0.2, -0.15) is 0 Å². The van der Waals surface area contributed by atoms with Crippen LogP contribution in [-0.2, 0) is 4.79 Å². The van der Waals surface area contributed by atoms with Crippen LogP contribution in [0.25, 0.3) is 0 Å². The maximum absolute atomic E-state index is 11.7. The van der Waals surface area contributed by atoms with Gasteiger partial charge in [0.05, 0.1) is 10.3 Å². The van der Waals surface area contributed by atoms with E-state index in [0.29, 0.717) is 12.1 Å². The molecular weight excluding hydrogens is 258 g/mol. The summed E-state index contributed by atoms with van der Waals surface area (Å²) in [6.45, 7) is 5.93. The van der Waals surface area contributed by atoms with E-state index in [2.05, 4.69) is 10.6 Å². The van der Waals surface area contributed by atoms with Crippen LogP contribution in [0.15, 0.2) is 24.3 Å². The number of nitrogens with zero attached hydrogens (tertiary/aromatic N) is 1. The van der Waals surface area contributed by atoms with Gasteiger partial charge < -0.3 is 10.6 Å². The van der Waals surface area contributed by atoms with Crippen molar-refractivity contribution in [3.05, 3.63) is 39.9 Å². The molecule has 0 fully saturated rings. The number of nitrogens with one attached hydrogen (secondary N) is 2. The minimum Gasteiger partial charge on any atom is -0.359 e. The highest BCUT2D eigenvalue weighted by molar-refractivity contribution is 5.81. The Kier molecular flexibility index (Phi) is 5.21. The summed E-state index contributed by atoms with van der Waals surface area (Å²) >= 11 is 0. The lowest BCUT2D eigenvalue weighted by Crippen LogP contribution is -2.42. The fraction of sp³-hybridized carbons (Fsp3) is 0.500.